The highest BCUT2D eigenvalue weighted by atomic mass is 16.5. The zero-order valence-electron chi connectivity index (χ0n) is 3.01. The summed E-state index contributed by atoms with van der Waals surface area (Å²) in [6, 6.07) is 0. The Balaban J connectivity index is 3.05. The molecule has 1 radical (unpaired) electrons. The first-order valence-electron chi connectivity index (χ1n) is 1.47. The van der Waals surface area contributed by atoms with E-state index in [9.17, 15) is 0 Å². The molecule has 1 rings (SSSR count). The maximum absolute atomic E-state index is 5.07. The average molecular weight is 83.1 g/mol. The van der Waals surface area contributed by atoms with Crippen LogP contribution in [-0.4, -0.2) is 5.16 Å². The predicted molar refractivity (Wildman–Crippen MR) is 19.8 cm³/mol. The number of nitrogens with two attached hydrogens (primary N) is 1. The van der Waals surface area contributed by atoms with Gasteiger partial charge in [-0.15, -0.1) is 0 Å². The minimum absolute atomic E-state index is 0.440. The number of anilines is 1. The highest BCUT2D eigenvalue weighted by molar-refractivity contribution is 5.26. The number of rotatable bonds is 0. The molecule has 6 heavy (non-hydrogen) atoms. The Morgan fingerprint density at radius 3 is 3.00 bits per heavy atom. The first-order chi connectivity index (χ1) is 2.89. The van der Waals surface area contributed by atoms with E-state index in [0.717, 1.165) is 0 Å². The van der Waals surface area contributed by atoms with Crippen LogP contribution in [0.15, 0.2) is 10.7 Å². The topological polar surface area (TPSA) is 52.0 Å². The van der Waals surface area contributed by atoms with E-state index in [1.54, 1.807) is 0 Å². The van der Waals surface area contributed by atoms with E-state index in [0.29, 0.717) is 5.69 Å². The number of hydrogen-bond donors (Lipinski definition) is 1. The third-order valence-electron chi connectivity index (χ3n) is 0.408. The molecule has 0 aliphatic rings. The Kier molecular flexibility index (Phi) is 0.538. The maximum atomic E-state index is 5.07. The Bertz CT molecular complexity index is 112. The van der Waals surface area contributed by atoms with Crippen molar-refractivity contribution in [2.24, 2.45) is 0 Å². The van der Waals surface area contributed by atoms with Gasteiger partial charge in [-0.2, -0.15) is 0 Å². The monoisotopic (exact) mass is 83.0 g/mol. The van der Waals surface area contributed by atoms with Gasteiger partial charge in [-0.3, -0.25) is 0 Å². The molecule has 3 nitrogen and oxygen atoms in total. The summed E-state index contributed by atoms with van der Waals surface area (Å²) in [6.45, 7) is 0. The molecule has 0 aliphatic carbocycles. The van der Waals surface area contributed by atoms with Crippen molar-refractivity contribution in [3.05, 3.63) is 12.5 Å². The summed E-state index contributed by atoms with van der Waals surface area (Å²) in [5.41, 5.74) is 5.51. The predicted octanol–water partition coefficient (Wildman–Crippen LogP) is 0.0570. The van der Waals surface area contributed by atoms with Gasteiger partial charge in [0.15, 0.2) is 0 Å². The minimum Gasteiger partial charge on any atom is -0.394 e. The zero-order chi connectivity index (χ0) is 4.41. The van der Waals surface area contributed by atoms with Gasteiger partial charge in [-0.1, -0.05) is 5.16 Å². The lowest BCUT2D eigenvalue weighted by Crippen LogP contribution is -1.75. The van der Waals surface area contributed by atoms with E-state index < -0.39 is 0 Å². The Morgan fingerprint density at radius 1 is 2.00 bits per heavy atom. The van der Waals surface area contributed by atoms with Gasteiger partial charge in [-0.25, -0.2) is 0 Å². The first kappa shape index (κ1) is 3.21. The fraction of sp³-hybridized carbons (Fsp3) is 0. The summed E-state index contributed by atoms with van der Waals surface area (Å²) < 4.78 is 4.21. The Morgan fingerprint density at radius 2 is 2.83 bits per heavy atom. The minimum atomic E-state index is 0.440. The second kappa shape index (κ2) is 1.01. The lowest BCUT2D eigenvalue weighted by molar-refractivity contribution is 0.413. The average Bonchev–Trinajstić information content (AvgIpc) is 1.86. The summed E-state index contributed by atoms with van der Waals surface area (Å²) in [7, 11) is 0. The van der Waals surface area contributed by atoms with E-state index in [-0.39, 0.29) is 0 Å². The van der Waals surface area contributed by atoms with Crippen molar-refractivity contribution in [3.8, 4) is 0 Å². The molecule has 0 fully saturated rings. The van der Waals surface area contributed by atoms with Gasteiger partial charge in [0, 0.05) is 0 Å². The maximum Gasteiger partial charge on any atom is 0.229 e. The van der Waals surface area contributed by atoms with Crippen LogP contribution in [0.4, 0.5) is 5.69 Å². The first-order valence-corrected chi connectivity index (χ1v) is 1.47. The molecule has 0 atom stereocenters. The van der Waals surface area contributed by atoms with Crippen molar-refractivity contribution in [2.45, 2.75) is 0 Å². The Labute approximate surface area is 34.7 Å². The number of nitrogens with zero attached hydrogens (tertiary/aromatic N) is 1. The van der Waals surface area contributed by atoms with Crippen molar-refractivity contribution in [2.75, 3.05) is 5.73 Å². The molecule has 0 unspecified atom stereocenters. The molecule has 0 spiro atoms. The van der Waals surface area contributed by atoms with Crippen LogP contribution in [0.1, 0.15) is 0 Å². The van der Waals surface area contributed by atoms with Gasteiger partial charge in [-0.05, 0) is 0 Å². The fourth-order valence-corrected chi connectivity index (χ4v) is 0.189. The van der Waals surface area contributed by atoms with E-state index in [2.05, 4.69) is 15.9 Å². The lowest BCUT2D eigenvalue weighted by atomic mass is 10.6. The van der Waals surface area contributed by atoms with Crippen LogP contribution in [0, 0.1) is 6.26 Å². The van der Waals surface area contributed by atoms with Crippen LogP contribution in [0.25, 0.3) is 0 Å². The second-order valence-corrected chi connectivity index (χ2v) is 0.883. The van der Waals surface area contributed by atoms with Crippen LogP contribution in [-0.2, 0) is 0 Å². The van der Waals surface area contributed by atoms with Crippen molar-refractivity contribution in [3.63, 3.8) is 0 Å². The van der Waals surface area contributed by atoms with Crippen molar-refractivity contribution >= 4 is 5.69 Å². The van der Waals surface area contributed by atoms with Crippen molar-refractivity contribution in [1.82, 2.24) is 5.16 Å². The van der Waals surface area contributed by atoms with Crippen LogP contribution < -0.4 is 5.73 Å². The standard InChI is InChI=1S/C3H3N2O/c4-3-1-5-6-2-3/h1H,4H2. The van der Waals surface area contributed by atoms with Gasteiger partial charge in [0.2, 0.25) is 6.26 Å². The van der Waals surface area contributed by atoms with Gasteiger partial charge in [0.1, 0.15) is 5.69 Å². The molecule has 0 saturated heterocycles. The third-order valence-corrected chi connectivity index (χ3v) is 0.408. The van der Waals surface area contributed by atoms with Crippen LogP contribution in [0.2, 0.25) is 0 Å². The van der Waals surface area contributed by atoms with Crippen LogP contribution in [0.3, 0.4) is 0 Å². The molecule has 3 heteroatoms. The molecule has 31 valence electrons. The van der Waals surface area contributed by atoms with Gasteiger partial charge in [0.25, 0.3) is 0 Å². The van der Waals surface area contributed by atoms with Gasteiger partial charge >= 0.3 is 0 Å². The van der Waals surface area contributed by atoms with E-state index in [1.807, 2.05) is 0 Å². The highest BCUT2D eigenvalue weighted by Crippen LogP contribution is 1.91. The van der Waals surface area contributed by atoms with E-state index in [4.69, 9.17) is 5.73 Å². The van der Waals surface area contributed by atoms with Crippen LogP contribution >= 0.6 is 0 Å². The molecule has 0 bridgehead atoms. The number of hydrogen-bond acceptors (Lipinski definition) is 3. The smallest absolute Gasteiger partial charge is 0.229 e. The van der Waals surface area contributed by atoms with Crippen molar-refractivity contribution < 1.29 is 4.52 Å². The van der Waals surface area contributed by atoms with Crippen LogP contribution in [0.5, 0.6) is 0 Å². The summed E-state index contributed by atoms with van der Waals surface area (Å²) >= 11 is 0. The normalized spacial score (nSPS) is 8.67. The molecular formula is C3H3N2O. The van der Waals surface area contributed by atoms with E-state index >= 15 is 0 Å². The SMILES string of the molecule is Nc1[c]onc1. The van der Waals surface area contributed by atoms with Gasteiger partial charge < -0.3 is 10.3 Å². The van der Waals surface area contributed by atoms with E-state index in [1.165, 1.54) is 6.20 Å². The molecule has 1 aromatic heterocycles. The molecular weight excluding hydrogens is 80.0 g/mol. The summed E-state index contributed by atoms with van der Waals surface area (Å²) in [4.78, 5) is 0. The molecule has 2 N–H and O–H groups in total. The molecule has 1 heterocycles. The fourth-order valence-electron chi connectivity index (χ4n) is 0.189. The molecule has 0 saturated carbocycles. The molecule has 0 aliphatic heterocycles. The second-order valence-electron chi connectivity index (χ2n) is 0.883. The lowest BCUT2D eigenvalue weighted by Gasteiger charge is -1.62. The summed E-state index contributed by atoms with van der Waals surface area (Å²) in [6.07, 6.45) is 3.68. The largest absolute Gasteiger partial charge is 0.394 e. The molecule has 0 amide bonds. The Hall–Kier alpha value is -0.990. The quantitative estimate of drug-likeness (QED) is 0.482. The molecule has 0 aromatic carbocycles. The number of aromatic nitrogens is 1. The number of nitrogen functional groups attached to an aromatic ring is 1. The van der Waals surface area contributed by atoms with Gasteiger partial charge in [0.05, 0.1) is 6.20 Å². The summed E-state index contributed by atoms with van der Waals surface area (Å²) in [5.74, 6) is 0. The van der Waals surface area contributed by atoms with Crippen molar-refractivity contribution in [1.29, 1.82) is 0 Å². The summed E-state index contributed by atoms with van der Waals surface area (Å²) in [5, 5.41) is 3.27. The highest BCUT2D eigenvalue weighted by Gasteiger charge is 1.80. The molecule has 1 aromatic rings. The third kappa shape index (κ3) is 0.337. The zero-order valence-corrected chi connectivity index (χ0v) is 3.01.